The van der Waals surface area contributed by atoms with E-state index in [0.717, 1.165) is 28.3 Å². The van der Waals surface area contributed by atoms with Crippen molar-refractivity contribution in [3.8, 4) is 33.6 Å². The van der Waals surface area contributed by atoms with Crippen molar-refractivity contribution in [1.82, 2.24) is 9.13 Å². The molecule has 0 N–H and O–H groups in total. The zero-order valence-electron chi connectivity index (χ0n) is 33.5. The smallest absolute Gasteiger partial charge is 0.0561 e. The minimum absolute atomic E-state index is 0.0838. The molecular weight excluding hydrogens is 727 g/mol. The largest absolute Gasteiger partial charge is 0.310 e. The molecule has 2 heterocycles. The van der Waals surface area contributed by atoms with Crippen LogP contribution in [-0.2, 0) is 5.41 Å². The van der Waals surface area contributed by atoms with Crippen molar-refractivity contribution < 1.29 is 0 Å². The molecule has 3 heteroatoms. The Morgan fingerprint density at radius 1 is 0.333 bits per heavy atom. The summed E-state index contributed by atoms with van der Waals surface area (Å²) in [4.78, 5) is 2.38. The number of hydrogen-bond acceptors (Lipinski definition) is 1. The molecule has 0 saturated carbocycles. The normalized spacial score (nSPS) is 13.0. The molecule has 60 heavy (non-hydrogen) atoms. The highest BCUT2D eigenvalue weighted by Crippen LogP contribution is 2.50. The lowest BCUT2D eigenvalue weighted by Crippen LogP contribution is -2.15. The maximum Gasteiger partial charge on any atom is 0.0561 e. The van der Waals surface area contributed by atoms with Crippen molar-refractivity contribution in [2.45, 2.75) is 19.3 Å². The Bertz CT molecular complexity index is 3460. The number of aromatic nitrogens is 2. The highest BCUT2D eigenvalue weighted by Gasteiger charge is 2.35. The summed E-state index contributed by atoms with van der Waals surface area (Å²) in [5.41, 5.74) is 18.1. The van der Waals surface area contributed by atoms with Crippen molar-refractivity contribution in [2.75, 3.05) is 4.90 Å². The summed E-state index contributed by atoms with van der Waals surface area (Å²) < 4.78 is 4.86. The standard InChI is InChI=1S/C57H41N3/c1-57(2)51-25-12-9-22-45(51)46-32-29-43(36-52(46)57)60-54-27-14-11-23-47(54)49-31-28-39(35-55(49)60)38-16-15-21-42(34-38)58(40-17-5-3-6-18-40)44-30-33-50-48-24-10-13-26-53(48)59(56(50)37-44)41-19-7-4-8-20-41/h3-37H,1-2H3. The van der Waals surface area contributed by atoms with Crippen LogP contribution in [-0.4, -0.2) is 9.13 Å². The third-order valence-corrected chi connectivity index (χ3v) is 12.9. The Balaban J connectivity index is 1.01. The summed E-state index contributed by atoms with van der Waals surface area (Å²) in [6.07, 6.45) is 0. The minimum Gasteiger partial charge on any atom is -0.310 e. The second kappa shape index (κ2) is 13.2. The van der Waals surface area contributed by atoms with E-state index >= 15 is 0 Å². The zero-order valence-corrected chi connectivity index (χ0v) is 33.5. The molecule has 0 bridgehead atoms. The van der Waals surface area contributed by atoms with E-state index < -0.39 is 0 Å². The van der Waals surface area contributed by atoms with Gasteiger partial charge in [0, 0.05) is 55.4 Å². The van der Waals surface area contributed by atoms with Gasteiger partial charge in [0.15, 0.2) is 0 Å². The second-order valence-electron chi connectivity index (χ2n) is 16.6. The van der Waals surface area contributed by atoms with Crippen LogP contribution in [0, 0.1) is 0 Å². The van der Waals surface area contributed by atoms with Crippen molar-refractivity contribution in [1.29, 1.82) is 0 Å². The predicted octanol–water partition coefficient (Wildman–Crippen LogP) is 15.3. The van der Waals surface area contributed by atoms with Gasteiger partial charge in [-0.05, 0) is 112 Å². The lowest BCUT2D eigenvalue weighted by atomic mass is 9.82. The zero-order chi connectivity index (χ0) is 40.0. The molecule has 284 valence electrons. The quantitative estimate of drug-likeness (QED) is 0.164. The van der Waals surface area contributed by atoms with E-state index in [2.05, 4.69) is 240 Å². The lowest BCUT2D eigenvalue weighted by Gasteiger charge is -2.26. The first-order valence-electron chi connectivity index (χ1n) is 20.9. The van der Waals surface area contributed by atoms with Gasteiger partial charge in [0.25, 0.3) is 0 Å². The van der Waals surface area contributed by atoms with E-state index in [-0.39, 0.29) is 5.41 Å². The van der Waals surface area contributed by atoms with E-state index in [1.165, 1.54) is 77.1 Å². The van der Waals surface area contributed by atoms with Gasteiger partial charge in [-0.25, -0.2) is 0 Å². The predicted molar refractivity (Wildman–Crippen MR) is 253 cm³/mol. The first kappa shape index (κ1) is 34.4. The SMILES string of the molecule is CC1(C)c2ccccc2-c2ccc(-n3c4ccccc4c4ccc(-c5cccc(N(c6ccccc6)c6ccc7c8ccccc8n(-c8ccccc8)c7c6)c5)cc43)cc21. The molecule has 0 aliphatic heterocycles. The van der Waals surface area contributed by atoms with Gasteiger partial charge in [0.2, 0.25) is 0 Å². The molecule has 2 aromatic heterocycles. The van der Waals surface area contributed by atoms with E-state index in [4.69, 9.17) is 0 Å². The summed E-state index contributed by atoms with van der Waals surface area (Å²) in [5, 5.41) is 4.99. The van der Waals surface area contributed by atoms with E-state index in [0.29, 0.717) is 0 Å². The molecule has 3 nitrogen and oxygen atoms in total. The van der Waals surface area contributed by atoms with Crippen LogP contribution in [0.1, 0.15) is 25.0 Å². The van der Waals surface area contributed by atoms with Gasteiger partial charge >= 0.3 is 0 Å². The number of para-hydroxylation sites is 4. The third kappa shape index (κ3) is 5.15. The molecular formula is C57H41N3. The number of nitrogens with zero attached hydrogens (tertiary/aromatic N) is 3. The van der Waals surface area contributed by atoms with Crippen molar-refractivity contribution in [2.24, 2.45) is 0 Å². The average Bonchev–Trinajstić information content (AvgIpc) is 3.89. The Morgan fingerprint density at radius 2 is 0.883 bits per heavy atom. The van der Waals surface area contributed by atoms with Crippen LogP contribution in [0.25, 0.3) is 77.2 Å². The fraction of sp³-hybridized carbons (Fsp3) is 0.0526. The molecule has 1 aliphatic rings. The third-order valence-electron chi connectivity index (χ3n) is 12.9. The van der Waals surface area contributed by atoms with Gasteiger partial charge in [-0.15, -0.1) is 0 Å². The maximum atomic E-state index is 2.47. The Kier molecular flexibility index (Phi) is 7.58. The molecule has 0 amide bonds. The molecule has 0 radical (unpaired) electrons. The van der Waals surface area contributed by atoms with E-state index in [1.807, 2.05) is 0 Å². The van der Waals surface area contributed by atoms with Crippen LogP contribution in [0.15, 0.2) is 212 Å². The average molecular weight is 768 g/mol. The molecule has 0 spiro atoms. The monoisotopic (exact) mass is 767 g/mol. The fourth-order valence-corrected chi connectivity index (χ4v) is 10.1. The molecule has 0 atom stereocenters. The van der Waals surface area contributed by atoms with Gasteiger partial charge in [0.1, 0.15) is 0 Å². The Labute approximate surface area is 349 Å². The van der Waals surface area contributed by atoms with E-state index in [9.17, 15) is 0 Å². The first-order valence-corrected chi connectivity index (χ1v) is 20.9. The summed E-state index contributed by atoms with van der Waals surface area (Å²) in [6.45, 7) is 4.72. The molecule has 12 rings (SSSR count). The maximum absolute atomic E-state index is 2.47. The second-order valence-corrected chi connectivity index (χ2v) is 16.6. The van der Waals surface area contributed by atoms with Gasteiger partial charge in [0.05, 0.1) is 22.1 Å². The lowest BCUT2D eigenvalue weighted by molar-refractivity contribution is 0.660. The summed E-state index contributed by atoms with van der Waals surface area (Å²) in [6, 6.07) is 77.8. The van der Waals surface area contributed by atoms with Crippen molar-refractivity contribution >= 4 is 60.7 Å². The fourth-order valence-electron chi connectivity index (χ4n) is 10.1. The van der Waals surface area contributed by atoms with Crippen LogP contribution in [0.4, 0.5) is 17.1 Å². The highest BCUT2D eigenvalue weighted by molar-refractivity contribution is 6.11. The Hall–Kier alpha value is -7.62. The van der Waals surface area contributed by atoms with Crippen molar-refractivity contribution in [3.05, 3.63) is 223 Å². The number of fused-ring (bicyclic) bond motifs is 9. The van der Waals surface area contributed by atoms with Crippen LogP contribution in [0.5, 0.6) is 0 Å². The minimum atomic E-state index is -0.0838. The Morgan fingerprint density at radius 3 is 1.65 bits per heavy atom. The van der Waals surface area contributed by atoms with E-state index in [1.54, 1.807) is 0 Å². The summed E-state index contributed by atoms with van der Waals surface area (Å²) >= 11 is 0. The van der Waals surface area contributed by atoms with Gasteiger partial charge in [-0.1, -0.05) is 147 Å². The number of anilines is 3. The molecule has 0 saturated heterocycles. The van der Waals surface area contributed by atoms with Crippen LogP contribution < -0.4 is 4.90 Å². The summed E-state index contributed by atoms with van der Waals surface area (Å²) in [5.74, 6) is 0. The number of benzene rings is 9. The van der Waals surface area contributed by atoms with Crippen LogP contribution >= 0.6 is 0 Å². The summed E-state index contributed by atoms with van der Waals surface area (Å²) in [7, 11) is 0. The highest BCUT2D eigenvalue weighted by atomic mass is 15.1. The molecule has 11 aromatic rings. The molecule has 9 aromatic carbocycles. The van der Waals surface area contributed by atoms with Crippen LogP contribution in [0.3, 0.4) is 0 Å². The van der Waals surface area contributed by atoms with Crippen LogP contribution in [0.2, 0.25) is 0 Å². The molecule has 1 aliphatic carbocycles. The number of hydrogen-bond donors (Lipinski definition) is 0. The topological polar surface area (TPSA) is 13.1 Å². The van der Waals surface area contributed by atoms with Gasteiger partial charge in [-0.2, -0.15) is 0 Å². The van der Waals surface area contributed by atoms with Gasteiger partial charge < -0.3 is 14.0 Å². The first-order chi connectivity index (χ1) is 29.5. The number of rotatable bonds is 6. The molecule has 0 unspecified atom stereocenters. The van der Waals surface area contributed by atoms with Crippen molar-refractivity contribution in [3.63, 3.8) is 0 Å². The molecule has 0 fully saturated rings. The van der Waals surface area contributed by atoms with Gasteiger partial charge in [-0.3, -0.25) is 0 Å².